The van der Waals surface area contributed by atoms with Gasteiger partial charge in [-0.25, -0.2) is 0 Å². The molecule has 1 atom stereocenters. The number of benzene rings is 2. The molecule has 0 saturated heterocycles. The molecule has 0 bridgehead atoms. The van der Waals surface area contributed by atoms with E-state index in [9.17, 15) is 9.90 Å². The lowest BCUT2D eigenvalue weighted by molar-refractivity contribution is -0.137. The van der Waals surface area contributed by atoms with Gasteiger partial charge in [-0.2, -0.15) is 0 Å². The topological polar surface area (TPSA) is 49.8 Å². The van der Waals surface area contributed by atoms with Crippen LogP contribution in [0.1, 0.15) is 77.5 Å². The first-order chi connectivity index (χ1) is 14.2. The molecule has 0 spiro atoms. The summed E-state index contributed by atoms with van der Waals surface area (Å²) < 4.78 is 5.73. The molecule has 2 rings (SSSR count). The molecular formula is C26H37NO3. The Morgan fingerprint density at radius 1 is 1.00 bits per heavy atom. The predicted octanol–water partition coefficient (Wildman–Crippen LogP) is 5.91. The van der Waals surface area contributed by atoms with E-state index in [4.69, 9.17) is 4.74 Å². The van der Waals surface area contributed by atoms with E-state index in [0.717, 1.165) is 17.5 Å². The highest BCUT2D eigenvalue weighted by Crippen LogP contribution is 2.37. The van der Waals surface area contributed by atoms with Gasteiger partial charge in [0.1, 0.15) is 5.75 Å². The van der Waals surface area contributed by atoms with E-state index in [1.54, 1.807) is 0 Å². The van der Waals surface area contributed by atoms with Crippen molar-refractivity contribution in [1.82, 2.24) is 0 Å². The van der Waals surface area contributed by atoms with E-state index in [-0.39, 0.29) is 24.4 Å². The van der Waals surface area contributed by atoms with Gasteiger partial charge >= 0.3 is 5.97 Å². The molecule has 0 amide bonds. The fourth-order valence-electron chi connectivity index (χ4n) is 4.02. The van der Waals surface area contributed by atoms with Gasteiger partial charge in [0.15, 0.2) is 0 Å². The molecule has 0 aliphatic heterocycles. The number of aliphatic hydroxyl groups is 1. The summed E-state index contributed by atoms with van der Waals surface area (Å²) in [5.41, 5.74) is 4.12. The number of carbonyl (C=O) groups excluding carboxylic acids is 1. The van der Waals surface area contributed by atoms with Crippen molar-refractivity contribution in [2.75, 3.05) is 4.90 Å². The second kappa shape index (κ2) is 10.6. The van der Waals surface area contributed by atoms with Gasteiger partial charge in [0.2, 0.25) is 0 Å². The largest absolute Gasteiger partial charge is 0.426 e. The zero-order valence-corrected chi connectivity index (χ0v) is 19.5. The van der Waals surface area contributed by atoms with Crippen LogP contribution in [0, 0.1) is 5.92 Å². The van der Waals surface area contributed by atoms with Gasteiger partial charge in [0.05, 0.1) is 12.5 Å². The fraction of sp³-hybridized carbons (Fsp3) is 0.500. The van der Waals surface area contributed by atoms with E-state index < -0.39 is 0 Å². The van der Waals surface area contributed by atoms with Crippen molar-refractivity contribution in [3.8, 4) is 5.75 Å². The van der Waals surface area contributed by atoms with Gasteiger partial charge in [-0.05, 0) is 69.5 Å². The summed E-state index contributed by atoms with van der Waals surface area (Å²) in [6.07, 6.45) is 0.855. The lowest BCUT2D eigenvalue weighted by atomic mass is 9.87. The van der Waals surface area contributed by atoms with Gasteiger partial charge in [0.25, 0.3) is 0 Å². The molecule has 4 heteroatoms. The maximum atomic E-state index is 12.3. The predicted molar refractivity (Wildman–Crippen MR) is 124 cm³/mol. The molecule has 30 heavy (non-hydrogen) atoms. The van der Waals surface area contributed by atoms with Crippen LogP contribution in [0.25, 0.3) is 0 Å². The minimum atomic E-state index is -0.248. The smallest absolute Gasteiger partial charge is 0.313 e. The first kappa shape index (κ1) is 23.9. The zero-order chi connectivity index (χ0) is 22.4. The van der Waals surface area contributed by atoms with Crippen molar-refractivity contribution in [2.45, 2.75) is 79.5 Å². The molecule has 0 fully saturated rings. The standard InChI is InChI=1S/C26H37NO3/c1-8-23(21-10-9-11-22(15-21)27(18(4)5)19(6)7)24-14-20(16-28)12-13-25(24)30-26(29)17(2)3/h9-15,17-19,23,28H,8,16H2,1-7H3/t23-/m1/s1. The van der Waals surface area contributed by atoms with Gasteiger partial charge in [-0.1, -0.05) is 39.0 Å². The van der Waals surface area contributed by atoms with Gasteiger partial charge in [-0.15, -0.1) is 0 Å². The molecule has 164 valence electrons. The first-order valence-electron chi connectivity index (χ1n) is 11.0. The molecule has 1 N–H and O–H groups in total. The third kappa shape index (κ3) is 5.63. The summed E-state index contributed by atoms with van der Waals surface area (Å²) in [6, 6.07) is 15.0. The van der Waals surface area contributed by atoms with Crippen molar-refractivity contribution in [3.63, 3.8) is 0 Å². The van der Waals surface area contributed by atoms with Crippen LogP contribution in [0.15, 0.2) is 42.5 Å². The van der Waals surface area contributed by atoms with E-state index in [2.05, 4.69) is 63.8 Å². The maximum Gasteiger partial charge on any atom is 0.313 e. The molecule has 2 aromatic rings. The highest BCUT2D eigenvalue weighted by Gasteiger charge is 2.22. The number of hydrogen-bond acceptors (Lipinski definition) is 4. The average Bonchev–Trinajstić information content (AvgIpc) is 2.69. The SMILES string of the molecule is CC[C@H](c1cccc(N(C(C)C)C(C)C)c1)c1cc(CO)ccc1OC(=O)C(C)C. The molecule has 0 saturated carbocycles. The van der Waals surface area contributed by atoms with Crippen LogP contribution in [-0.4, -0.2) is 23.2 Å². The van der Waals surface area contributed by atoms with E-state index in [1.165, 1.54) is 11.3 Å². The Hall–Kier alpha value is -2.33. The van der Waals surface area contributed by atoms with E-state index in [1.807, 2.05) is 32.0 Å². The van der Waals surface area contributed by atoms with Gasteiger partial charge < -0.3 is 14.7 Å². The Labute approximate surface area is 181 Å². The van der Waals surface area contributed by atoms with Crippen LogP contribution < -0.4 is 9.64 Å². The summed E-state index contributed by atoms with van der Waals surface area (Å²) in [5, 5.41) is 9.67. The van der Waals surface area contributed by atoms with E-state index >= 15 is 0 Å². The second-order valence-electron chi connectivity index (χ2n) is 8.76. The summed E-state index contributed by atoms with van der Waals surface area (Å²) in [6.45, 7) is 14.6. The number of rotatable bonds is 9. The summed E-state index contributed by atoms with van der Waals surface area (Å²) >= 11 is 0. The van der Waals surface area contributed by atoms with Gasteiger partial charge in [0, 0.05) is 29.3 Å². The highest BCUT2D eigenvalue weighted by molar-refractivity contribution is 5.75. The molecular weight excluding hydrogens is 374 g/mol. The Bertz CT molecular complexity index is 834. The van der Waals surface area contributed by atoms with Crippen molar-refractivity contribution in [3.05, 3.63) is 59.2 Å². The summed E-state index contributed by atoms with van der Waals surface area (Å²) in [4.78, 5) is 14.7. The Morgan fingerprint density at radius 2 is 1.67 bits per heavy atom. The molecule has 0 aromatic heterocycles. The third-order valence-electron chi connectivity index (χ3n) is 5.41. The quantitative estimate of drug-likeness (QED) is 0.412. The van der Waals surface area contributed by atoms with E-state index in [0.29, 0.717) is 17.8 Å². The highest BCUT2D eigenvalue weighted by atomic mass is 16.5. The fourth-order valence-corrected chi connectivity index (χ4v) is 4.02. The van der Waals surface area contributed by atoms with Crippen LogP contribution in [0.5, 0.6) is 5.75 Å². The van der Waals surface area contributed by atoms with Crippen LogP contribution >= 0.6 is 0 Å². The second-order valence-corrected chi connectivity index (χ2v) is 8.76. The van der Waals surface area contributed by atoms with Crippen LogP contribution in [0.2, 0.25) is 0 Å². The van der Waals surface area contributed by atoms with Crippen molar-refractivity contribution < 1.29 is 14.6 Å². The van der Waals surface area contributed by atoms with Gasteiger partial charge in [-0.3, -0.25) is 4.79 Å². The molecule has 2 aromatic carbocycles. The van der Waals surface area contributed by atoms with Crippen LogP contribution in [-0.2, 0) is 11.4 Å². The van der Waals surface area contributed by atoms with Crippen LogP contribution in [0.3, 0.4) is 0 Å². The lowest BCUT2D eigenvalue weighted by Crippen LogP contribution is -2.37. The third-order valence-corrected chi connectivity index (χ3v) is 5.41. The number of esters is 1. The molecule has 0 radical (unpaired) electrons. The lowest BCUT2D eigenvalue weighted by Gasteiger charge is -2.34. The number of carbonyl (C=O) groups is 1. The minimum Gasteiger partial charge on any atom is -0.426 e. The zero-order valence-electron chi connectivity index (χ0n) is 19.5. The Balaban J connectivity index is 2.54. The monoisotopic (exact) mass is 411 g/mol. The first-order valence-corrected chi connectivity index (χ1v) is 11.0. The average molecular weight is 412 g/mol. The normalized spacial score (nSPS) is 12.5. The van der Waals surface area contributed by atoms with Crippen LogP contribution in [0.4, 0.5) is 5.69 Å². The number of hydrogen-bond donors (Lipinski definition) is 1. The molecule has 4 nitrogen and oxygen atoms in total. The van der Waals surface area contributed by atoms with Crippen molar-refractivity contribution in [2.24, 2.45) is 5.92 Å². The molecule has 0 aliphatic rings. The number of ether oxygens (including phenoxy) is 1. The molecule has 0 unspecified atom stereocenters. The summed E-state index contributed by atoms with van der Waals surface area (Å²) in [5.74, 6) is 0.187. The summed E-state index contributed by atoms with van der Waals surface area (Å²) in [7, 11) is 0. The number of nitrogens with zero attached hydrogens (tertiary/aromatic N) is 1. The minimum absolute atomic E-state index is 0.0453. The maximum absolute atomic E-state index is 12.3. The Morgan fingerprint density at radius 3 is 2.20 bits per heavy atom. The van der Waals surface area contributed by atoms with Crippen molar-refractivity contribution >= 4 is 11.7 Å². The Kier molecular flexibility index (Phi) is 8.48. The molecule has 0 heterocycles. The van der Waals surface area contributed by atoms with Crippen molar-refractivity contribution in [1.29, 1.82) is 0 Å². The molecule has 0 aliphatic carbocycles. The number of aliphatic hydroxyl groups excluding tert-OH is 1. The number of anilines is 1.